The first-order valence-electron chi connectivity index (χ1n) is 6.44. The molecule has 0 radical (unpaired) electrons. The van der Waals surface area contributed by atoms with Crippen molar-refractivity contribution in [3.63, 3.8) is 0 Å². The van der Waals surface area contributed by atoms with E-state index in [1.807, 2.05) is 13.8 Å². The van der Waals surface area contributed by atoms with E-state index in [0.717, 1.165) is 25.7 Å². The van der Waals surface area contributed by atoms with E-state index in [-0.39, 0.29) is 18.0 Å². The fraction of sp³-hybridized carbons (Fsp3) is 0.533. The Balaban J connectivity index is 1.97. The average molecular weight is 232 g/mol. The molecule has 0 atom stereocenters. The van der Waals surface area contributed by atoms with Gasteiger partial charge in [0.15, 0.2) is 0 Å². The molecule has 0 heterocycles. The Bertz CT molecular complexity index is 369. The van der Waals surface area contributed by atoms with E-state index in [0.29, 0.717) is 0 Å². The van der Waals surface area contributed by atoms with Crippen molar-refractivity contribution in [2.75, 3.05) is 0 Å². The minimum absolute atomic E-state index is 0.0272. The number of hydrogen-bond donors (Lipinski definition) is 0. The van der Waals surface area contributed by atoms with Crippen LogP contribution in [0.1, 0.15) is 37.8 Å². The van der Waals surface area contributed by atoms with E-state index in [1.165, 1.54) is 11.1 Å². The molecule has 0 aromatic heterocycles. The zero-order valence-corrected chi connectivity index (χ0v) is 10.6. The van der Waals surface area contributed by atoms with Crippen LogP contribution in [-0.4, -0.2) is 12.1 Å². The minimum Gasteiger partial charge on any atom is -0.462 e. The monoisotopic (exact) mass is 232 g/mol. The number of ether oxygens (including phenoxy) is 1. The maximum absolute atomic E-state index is 11.6. The Morgan fingerprint density at radius 2 is 1.71 bits per heavy atom. The molecule has 0 fully saturated rings. The second kappa shape index (κ2) is 5.35. The summed E-state index contributed by atoms with van der Waals surface area (Å²) in [5.74, 6) is -0.0958. The third-order valence-electron chi connectivity index (χ3n) is 3.34. The number of rotatable bonds is 2. The van der Waals surface area contributed by atoms with Crippen molar-refractivity contribution in [1.82, 2.24) is 0 Å². The Labute approximate surface area is 103 Å². The van der Waals surface area contributed by atoms with Crippen LogP contribution in [0.5, 0.6) is 0 Å². The van der Waals surface area contributed by atoms with Crippen LogP contribution in [0.2, 0.25) is 0 Å². The molecule has 1 aliphatic rings. The SMILES string of the molecule is CC(C)C(=O)OC1CCc2ccccc2CC1. The lowest BCUT2D eigenvalue weighted by molar-refractivity contribution is -0.153. The summed E-state index contributed by atoms with van der Waals surface area (Å²) in [6, 6.07) is 8.53. The summed E-state index contributed by atoms with van der Waals surface area (Å²) in [5, 5.41) is 0. The van der Waals surface area contributed by atoms with Crippen molar-refractivity contribution < 1.29 is 9.53 Å². The smallest absolute Gasteiger partial charge is 0.308 e. The van der Waals surface area contributed by atoms with Crippen LogP contribution in [0.15, 0.2) is 24.3 Å². The van der Waals surface area contributed by atoms with Crippen molar-refractivity contribution in [1.29, 1.82) is 0 Å². The summed E-state index contributed by atoms with van der Waals surface area (Å²) in [6.45, 7) is 3.77. The van der Waals surface area contributed by atoms with E-state index >= 15 is 0 Å². The Morgan fingerprint density at radius 3 is 2.18 bits per heavy atom. The average Bonchev–Trinajstić information content (AvgIpc) is 2.52. The van der Waals surface area contributed by atoms with Gasteiger partial charge in [-0.3, -0.25) is 4.79 Å². The summed E-state index contributed by atoms with van der Waals surface area (Å²) in [5.41, 5.74) is 2.83. The van der Waals surface area contributed by atoms with Gasteiger partial charge in [-0.1, -0.05) is 38.1 Å². The second-order valence-corrected chi connectivity index (χ2v) is 5.06. The number of fused-ring (bicyclic) bond motifs is 1. The fourth-order valence-corrected chi connectivity index (χ4v) is 2.24. The lowest BCUT2D eigenvalue weighted by atomic mass is 10.0. The highest BCUT2D eigenvalue weighted by molar-refractivity contribution is 5.71. The predicted molar refractivity (Wildman–Crippen MR) is 67.8 cm³/mol. The van der Waals surface area contributed by atoms with Crippen LogP contribution >= 0.6 is 0 Å². The lowest BCUT2D eigenvalue weighted by Crippen LogP contribution is -2.21. The Kier molecular flexibility index (Phi) is 3.82. The number of carbonyl (C=O) groups is 1. The quantitative estimate of drug-likeness (QED) is 0.578. The maximum Gasteiger partial charge on any atom is 0.308 e. The molecule has 2 rings (SSSR count). The molecule has 2 nitrogen and oxygen atoms in total. The largest absolute Gasteiger partial charge is 0.462 e. The molecule has 17 heavy (non-hydrogen) atoms. The van der Waals surface area contributed by atoms with Crippen LogP contribution in [0.3, 0.4) is 0 Å². The van der Waals surface area contributed by atoms with Gasteiger partial charge >= 0.3 is 5.97 Å². The standard InChI is InChI=1S/C15H20O2/c1-11(2)15(16)17-14-9-7-12-5-3-4-6-13(12)8-10-14/h3-6,11,14H,7-10H2,1-2H3. The molecule has 0 spiro atoms. The molecule has 0 saturated carbocycles. The minimum atomic E-state index is -0.0686. The van der Waals surface area contributed by atoms with Gasteiger partial charge < -0.3 is 4.74 Å². The third kappa shape index (κ3) is 3.09. The first-order valence-corrected chi connectivity index (χ1v) is 6.44. The molecular formula is C15H20O2. The van der Waals surface area contributed by atoms with Gasteiger partial charge in [-0.05, 0) is 36.8 Å². The summed E-state index contributed by atoms with van der Waals surface area (Å²) in [6.07, 6.45) is 4.04. The highest BCUT2D eigenvalue weighted by atomic mass is 16.5. The van der Waals surface area contributed by atoms with Gasteiger partial charge in [-0.2, -0.15) is 0 Å². The number of carbonyl (C=O) groups excluding carboxylic acids is 1. The normalized spacial score (nSPS) is 16.4. The first-order chi connectivity index (χ1) is 8.16. The molecule has 1 aliphatic carbocycles. The summed E-state index contributed by atoms with van der Waals surface area (Å²) < 4.78 is 5.53. The Morgan fingerprint density at radius 1 is 1.18 bits per heavy atom. The van der Waals surface area contributed by atoms with Gasteiger partial charge in [0, 0.05) is 0 Å². The molecule has 0 saturated heterocycles. The summed E-state index contributed by atoms with van der Waals surface area (Å²) in [4.78, 5) is 11.6. The van der Waals surface area contributed by atoms with Crippen LogP contribution in [0.4, 0.5) is 0 Å². The van der Waals surface area contributed by atoms with Gasteiger partial charge in [-0.15, -0.1) is 0 Å². The zero-order valence-electron chi connectivity index (χ0n) is 10.6. The number of hydrogen-bond acceptors (Lipinski definition) is 2. The van der Waals surface area contributed by atoms with E-state index in [4.69, 9.17) is 4.74 Å². The van der Waals surface area contributed by atoms with Crippen molar-refractivity contribution in [2.45, 2.75) is 45.6 Å². The molecule has 2 heteroatoms. The van der Waals surface area contributed by atoms with E-state index in [9.17, 15) is 4.79 Å². The third-order valence-corrected chi connectivity index (χ3v) is 3.34. The predicted octanol–water partition coefficient (Wildman–Crippen LogP) is 3.13. The molecule has 1 aromatic carbocycles. The molecule has 1 aromatic rings. The summed E-state index contributed by atoms with van der Waals surface area (Å²) in [7, 11) is 0. The number of aryl methyl sites for hydroxylation is 2. The first kappa shape index (κ1) is 12.2. The van der Waals surface area contributed by atoms with Crippen molar-refractivity contribution in [3.05, 3.63) is 35.4 Å². The highest BCUT2D eigenvalue weighted by Gasteiger charge is 2.20. The van der Waals surface area contributed by atoms with Gasteiger partial charge in [0.2, 0.25) is 0 Å². The molecule has 0 amide bonds. The molecule has 0 N–H and O–H groups in total. The van der Waals surface area contributed by atoms with Crippen LogP contribution < -0.4 is 0 Å². The number of benzene rings is 1. The molecular weight excluding hydrogens is 212 g/mol. The van der Waals surface area contributed by atoms with Gasteiger partial charge in [0.05, 0.1) is 5.92 Å². The Hall–Kier alpha value is -1.31. The van der Waals surface area contributed by atoms with E-state index < -0.39 is 0 Å². The van der Waals surface area contributed by atoms with Gasteiger partial charge in [0.25, 0.3) is 0 Å². The summed E-state index contributed by atoms with van der Waals surface area (Å²) >= 11 is 0. The van der Waals surface area contributed by atoms with E-state index in [1.54, 1.807) is 0 Å². The second-order valence-electron chi connectivity index (χ2n) is 5.06. The molecule has 0 aliphatic heterocycles. The molecule has 0 bridgehead atoms. The fourth-order valence-electron chi connectivity index (χ4n) is 2.24. The van der Waals surface area contributed by atoms with Gasteiger partial charge in [0.1, 0.15) is 6.10 Å². The van der Waals surface area contributed by atoms with Crippen molar-refractivity contribution in [2.24, 2.45) is 5.92 Å². The van der Waals surface area contributed by atoms with Crippen LogP contribution in [0, 0.1) is 5.92 Å². The number of esters is 1. The lowest BCUT2D eigenvalue weighted by Gasteiger charge is -2.16. The molecule has 92 valence electrons. The van der Waals surface area contributed by atoms with Crippen molar-refractivity contribution >= 4 is 5.97 Å². The van der Waals surface area contributed by atoms with Gasteiger partial charge in [-0.25, -0.2) is 0 Å². The molecule has 0 unspecified atom stereocenters. The van der Waals surface area contributed by atoms with E-state index in [2.05, 4.69) is 24.3 Å². The van der Waals surface area contributed by atoms with Crippen LogP contribution in [0.25, 0.3) is 0 Å². The topological polar surface area (TPSA) is 26.3 Å². The highest BCUT2D eigenvalue weighted by Crippen LogP contribution is 2.22. The van der Waals surface area contributed by atoms with Crippen LogP contribution in [-0.2, 0) is 22.4 Å². The zero-order chi connectivity index (χ0) is 12.3. The van der Waals surface area contributed by atoms with Crippen molar-refractivity contribution in [3.8, 4) is 0 Å². The maximum atomic E-state index is 11.6.